The summed E-state index contributed by atoms with van der Waals surface area (Å²) in [4.78, 5) is 61.0. The van der Waals surface area contributed by atoms with E-state index in [9.17, 15) is 54.6 Å². The number of ether oxygens (including phenoxy) is 2. The van der Waals surface area contributed by atoms with Crippen molar-refractivity contribution in [2.24, 2.45) is 0 Å². The molecule has 47 heavy (non-hydrogen) atoms. The van der Waals surface area contributed by atoms with Crippen LogP contribution in [0.15, 0.2) is 48.5 Å². The summed E-state index contributed by atoms with van der Waals surface area (Å²) in [6.07, 6.45) is 0. The molecule has 0 radical (unpaired) electrons. The largest absolute Gasteiger partial charge is 1.00 e. The molecule has 0 fully saturated rings. The van der Waals surface area contributed by atoms with Crippen LogP contribution in [0.2, 0.25) is 0 Å². The first kappa shape index (κ1) is 37.8. The summed E-state index contributed by atoms with van der Waals surface area (Å²) in [7, 11) is 0. The molecule has 1 spiro atoms. The summed E-state index contributed by atoms with van der Waals surface area (Å²) in [5.74, 6) is -6.62. The molecule has 0 atom stereocenters. The third kappa shape index (κ3) is 7.74. The predicted octanol–water partition coefficient (Wildman–Crippen LogP) is -4.16. The second kappa shape index (κ2) is 15.0. The number of esters is 1. The summed E-state index contributed by atoms with van der Waals surface area (Å²) < 4.78 is 12.1. The van der Waals surface area contributed by atoms with Crippen molar-refractivity contribution in [3.8, 4) is 23.0 Å². The maximum atomic E-state index is 13.3. The smallest absolute Gasteiger partial charge is 1.00 e. The van der Waals surface area contributed by atoms with Crippen LogP contribution in [0, 0.1) is 0 Å². The number of rotatable bonds is 12. The van der Waals surface area contributed by atoms with Crippen LogP contribution in [0.5, 0.6) is 23.0 Å². The SMILES string of the molecule is O=C(O)CN(CC(=O)O)Cc1cc2c(cc1O)Oc1cc(O)c(CN(CC(=O)O)CC(=O)O)cc1C21OC(=O)c2ccccc21.[H-].[H-].[Na+].[Na+]. The van der Waals surface area contributed by atoms with Crippen LogP contribution in [-0.4, -0.2) is 96.5 Å². The number of carboxylic acids is 4. The molecule has 2 heterocycles. The van der Waals surface area contributed by atoms with Gasteiger partial charge in [-0.05, 0) is 18.2 Å². The van der Waals surface area contributed by atoms with E-state index in [1.54, 1.807) is 18.2 Å². The van der Waals surface area contributed by atoms with Crippen molar-refractivity contribution >= 4 is 29.8 Å². The number of nitrogens with zero attached hydrogens (tertiary/aromatic N) is 2. The Balaban J connectivity index is 0.00000300. The first-order valence-electron chi connectivity index (χ1n) is 13.3. The van der Waals surface area contributed by atoms with Crippen molar-refractivity contribution < 1.29 is 126 Å². The fourth-order valence-electron chi connectivity index (χ4n) is 5.66. The molecule has 6 N–H and O–H groups in total. The summed E-state index contributed by atoms with van der Waals surface area (Å²) in [5.41, 5.74) is -0.636. The summed E-state index contributed by atoms with van der Waals surface area (Å²) in [5, 5.41) is 59.0. The number of phenols is 2. The average molecular weight is 671 g/mol. The van der Waals surface area contributed by atoms with Gasteiger partial charge in [0.1, 0.15) is 23.0 Å². The molecule has 0 saturated heterocycles. The Hall–Kier alpha value is -3.67. The van der Waals surface area contributed by atoms with E-state index in [-0.39, 0.29) is 126 Å². The number of fused-ring (bicyclic) bond motifs is 6. The van der Waals surface area contributed by atoms with Crippen LogP contribution in [-0.2, 0) is 42.6 Å². The molecule has 2 aliphatic rings. The molecule has 0 amide bonds. The maximum Gasteiger partial charge on any atom is 1.00 e. The van der Waals surface area contributed by atoms with Gasteiger partial charge in [-0.2, -0.15) is 0 Å². The van der Waals surface area contributed by atoms with Crippen LogP contribution in [0.1, 0.15) is 41.0 Å². The molecule has 17 heteroatoms. The average Bonchev–Trinajstić information content (AvgIpc) is 3.22. The molecule has 0 aliphatic carbocycles. The molecule has 5 rings (SSSR count). The van der Waals surface area contributed by atoms with Crippen LogP contribution in [0.25, 0.3) is 0 Å². The Labute approximate surface area is 313 Å². The van der Waals surface area contributed by atoms with Gasteiger partial charge in [0.25, 0.3) is 0 Å². The molecule has 0 saturated carbocycles. The number of hydrogen-bond donors (Lipinski definition) is 6. The normalized spacial score (nSPS) is 13.4. The van der Waals surface area contributed by atoms with E-state index in [1.807, 2.05) is 0 Å². The number of carbonyl (C=O) groups is 5. The molecule has 238 valence electrons. The van der Waals surface area contributed by atoms with E-state index < -0.39 is 61.6 Å². The number of phenolic OH excluding ortho intramolecular Hbond substituents is 2. The number of benzene rings is 3. The van der Waals surface area contributed by atoms with Crippen molar-refractivity contribution in [3.63, 3.8) is 0 Å². The fourth-order valence-corrected chi connectivity index (χ4v) is 5.66. The third-order valence-corrected chi connectivity index (χ3v) is 7.34. The second-order valence-corrected chi connectivity index (χ2v) is 10.5. The van der Waals surface area contributed by atoms with Gasteiger partial charge in [0.15, 0.2) is 5.60 Å². The third-order valence-electron chi connectivity index (χ3n) is 7.34. The van der Waals surface area contributed by atoms with E-state index in [2.05, 4.69) is 0 Å². The molecule has 3 aromatic carbocycles. The first-order chi connectivity index (χ1) is 21.3. The Morgan fingerprint density at radius 3 is 1.47 bits per heavy atom. The van der Waals surface area contributed by atoms with Crippen molar-refractivity contribution in [1.29, 1.82) is 0 Å². The molecular weight excluding hydrogens is 642 g/mol. The number of carboxylic acid groups (broad SMARTS) is 4. The molecule has 15 nitrogen and oxygen atoms in total. The molecule has 0 unspecified atom stereocenters. The minimum Gasteiger partial charge on any atom is -1.00 e. The summed E-state index contributed by atoms with van der Waals surface area (Å²) in [6, 6.07) is 11.7. The van der Waals surface area contributed by atoms with Gasteiger partial charge >= 0.3 is 89.0 Å². The number of carbonyl (C=O) groups excluding carboxylic acids is 1. The van der Waals surface area contributed by atoms with Crippen molar-refractivity contribution in [2.75, 3.05) is 26.2 Å². The van der Waals surface area contributed by atoms with Gasteiger partial charge in [0.2, 0.25) is 0 Å². The summed E-state index contributed by atoms with van der Waals surface area (Å²) in [6.45, 7) is -3.27. The van der Waals surface area contributed by atoms with Gasteiger partial charge in [-0.1, -0.05) is 18.2 Å². The Kier molecular flexibility index (Phi) is 12.1. The van der Waals surface area contributed by atoms with Crippen LogP contribution in [0.3, 0.4) is 0 Å². The van der Waals surface area contributed by atoms with Gasteiger partial charge in [-0.25, -0.2) is 4.79 Å². The van der Waals surface area contributed by atoms with Gasteiger partial charge in [-0.3, -0.25) is 29.0 Å². The van der Waals surface area contributed by atoms with Crippen molar-refractivity contribution in [1.82, 2.24) is 9.80 Å². The van der Waals surface area contributed by atoms with E-state index in [0.29, 0.717) is 5.56 Å². The maximum absolute atomic E-state index is 13.3. The second-order valence-electron chi connectivity index (χ2n) is 10.5. The predicted molar refractivity (Wildman–Crippen MR) is 151 cm³/mol. The summed E-state index contributed by atoms with van der Waals surface area (Å²) >= 11 is 0. The van der Waals surface area contributed by atoms with Crippen molar-refractivity contribution in [3.05, 3.63) is 81.9 Å². The zero-order valence-electron chi connectivity index (χ0n) is 27.3. The van der Waals surface area contributed by atoms with Gasteiger partial charge in [-0.15, -0.1) is 0 Å². The van der Waals surface area contributed by atoms with E-state index in [0.717, 1.165) is 9.80 Å². The standard InChI is InChI=1S/C30H26N2O13.2Na.2H/c33-21-7-23-19(5-15(21)9-31(11-25(35)36)12-26(37)38)30(18-4-2-1-3-17(18)29(43)45-30)20-6-16(22(34)8-24(20)44-23)10-32(13-27(39)40)14-28(41)42;;;;/h1-8,33-34H,9-14H2,(H,35,36)(H,37,38)(H,39,40)(H,41,42);;;;/q;2*+1;2*-1. The number of hydrogen-bond acceptors (Lipinski definition) is 11. The van der Waals surface area contributed by atoms with Gasteiger partial charge < -0.3 is 43.0 Å². The van der Waals surface area contributed by atoms with E-state index in [4.69, 9.17) is 9.47 Å². The van der Waals surface area contributed by atoms with E-state index >= 15 is 0 Å². The Morgan fingerprint density at radius 2 is 1.06 bits per heavy atom. The Morgan fingerprint density at radius 1 is 0.660 bits per heavy atom. The zero-order valence-corrected chi connectivity index (χ0v) is 29.3. The molecular formula is C30H28N2Na2O13. The molecule has 3 aromatic rings. The zero-order chi connectivity index (χ0) is 32.6. The monoisotopic (exact) mass is 670 g/mol. The van der Waals surface area contributed by atoms with Crippen molar-refractivity contribution in [2.45, 2.75) is 18.7 Å². The Bertz CT molecular complexity index is 1650. The van der Waals surface area contributed by atoms with Gasteiger partial charge in [0, 0.05) is 53.0 Å². The molecule has 0 aromatic heterocycles. The van der Waals surface area contributed by atoms with Crippen LogP contribution < -0.4 is 63.9 Å². The number of aromatic hydroxyl groups is 2. The quantitative estimate of drug-likeness (QED) is 0.0793. The topological polar surface area (TPSA) is 232 Å². The first-order valence-corrected chi connectivity index (χ1v) is 13.3. The van der Waals surface area contributed by atoms with Gasteiger partial charge in [0.05, 0.1) is 31.7 Å². The van der Waals surface area contributed by atoms with Crippen LogP contribution in [0.4, 0.5) is 0 Å². The number of aliphatic carboxylic acids is 4. The minimum atomic E-state index is -1.75. The van der Waals surface area contributed by atoms with Crippen LogP contribution >= 0.6 is 0 Å². The van der Waals surface area contributed by atoms with E-state index in [1.165, 1.54) is 30.3 Å². The molecule has 2 aliphatic heterocycles. The fraction of sp³-hybridized carbons (Fsp3) is 0.233. The minimum absolute atomic E-state index is 0. The molecule has 0 bridgehead atoms.